The number of primary amides is 1. The lowest BCUT2D eigenvalue weighted by atomic mass is 9.77. The first-order chi connectivity index (χ1) is 17.8. The first kappa shape index (κ1) is 25.6. The molecule has 0 unspecified atom stereocenters. The van der Waals surface area contributed by atoms with Gasteiger partial charge in [0.1, 0.15) is 11.5 Å². The molecule has 3 aromatic heterocycles. The molecule has 0 saturated heterocycles. The summed E-state index contributed by atoms with van der Waals surface area (Å²) in [5.41, 5.74) is 6.21. The van der Waals surface area contributed by atoms with Gasteiger partial charge in [0.15, 0.2) is 11.6 Å². The molecule has 14 heteroatoms. The molecule has 37 heavy (non-hydrogen) atoms. The standard InChI is InChI=1S/C23H28FN9O4/c1-3-37-22-17(33-8-7-27-32-33)9-14(11-26-22)29-20-15(19(25)34)10-16(24)21(31-20)30-18(13-5-4-6-13)12(2)28-23(35)36/h7-13,18,28H,3-6H2,1-2H3,(H2,25,34)(H,35,36)(H2,29,30,31)/t12-,18+/m0/s1. The van der Waals surface area contributed by atoms with Gasteiger partial charge in [-0.2, -0.15) is 0 Å². The van der Waals surface area contributed by atoms with Crippen LogP contribution in [0.1, 0.15) is 43.5 Å². The Kier molecular flexibility index (Phi) is 7.65. The number of rotatable bonds is 11. The van der Waals surface area contributed by atoms with Crippen LogP contribution in [0.2, 0.25) is 0 Å². The Bertz CT molecular complexity index is 1270. The molecule has 0 radical (unpaired) electrons. The van der Waals surface area contributed by atoms with E-state index in [9.17, 15) is 9.59 Å². The van der Waals surface area contributed by atoms with Crippen molar-refractivity contribution in [1.29, 1.82) is 0 Å². The number of nitrogens with zero attached hydrogens (tertiary/aromatic N) is 5. The maximum Gasteiger partial charge on any atom is 0.404 e. The van der Waals surface area contributed by atoms with Gasteiger partial charge in [-0.1, -0.05) is 11.6 Å². The molecule has 2 atom stereocenters. The number of pyridine rings is 2. The summed E-state index contributed by atoms with van der Waals surface area (Å²) in [4.78, 5) is 31.9. The molecule has 0 bridgehead atoms. The molecule has 13 nitrogen and oxygen atoms in total. The summed E-state index contributed by atoms with van der Waals surface area (Å²) in [6.07, 6.45) is 6.15. The number of aromatic nitrogens is 5. The van der Waals surface area contributed by atoms with Crippen LogP contribution >= 0.6 is 0 Å². The number of hydrogen-bond acceptors (Lipinski definition) is 9. The number of nitrogens with one attached hydrogen (secondary N) is 3. The van der Waals surface area contributed by atoms with Crippen LogP contribution < -0.4 is 26.4 Å². The molecule has 6 N–H and O–H groups in total. The molecule has 0 aliphatic heterocycles. The van der Waals surface area contributed by atoms with Crippen LogP contribution in [0.3, 0.4) is 0 Å². The van der Waals surface area contributed by atoms with Crippen LogP contribution in [0.4, 0.5) is 26.5 Å². The number of anilines is 3. The zero-order chi connectivity index (χ0) is 26.5. The monoisotopic (exact) mass is 513 g/mol. The van der Waals surface area contributed by atoms with Gasteiger partial charge in [0.05, 0.1) is 42.5 Å². The molecule has 1 fully saturated rings. The van der Waals surface area contributed by atoms with E-state index in [1.54, 1.807) is 19.2 Å². The lowest BCUT2D eigenvalue weighted by molar-refractivity contribution is 0.1000. The molecule has 2 amide bonds. The predicted octanol–water partition coefficient (Wildman–Crippen LogP) is 2.67. The Morgan fingerprint density at radius 3 is 2.70 bits per heavy atom. The quantitative estimate of drug-likeness (QED) is 0.255. The van der Waals surface area contributed by atoms with E-state index in [-0.39, 0.29) is 23.1 Å². The van der Waals surface area contributed by atoms with E-state index in [1.807, 2.05) is 6.92 Å². The van der Waals surface area contributed by atoms with Gasteiger partial charge in [-0.15, -0.1) is 5.10 Å². The van der Waals surface area contributed by atoms with Gasteiger partial charge in [-0.25, -0.2) is 23.8 Å². The molecule has 0 aromatic carbocycles. The summed E-state index contributed by atoms with van der Waals surface area (Å²) in [6.45, 7) is 3.90. The minimum Gasteiger partial charge on any atom is -0.476 e. The van der Waals surface area contributed by atoms with E-state index < -0.39 is 29.9 Å². The fraction of sp³-hybridized carbons (Fsp3) is 0.391. The van der Waals surface area contributed by atoms with Gasteiger partial charge < -0.3 is 31.5 Å². The number of amides is 2. The molecular weight excluding hydrogens is 485 g/mol. The van der Waals surface area contributed by atoms with E-state index in [0.717, 1.165) is 25.3 Å². The van der Waals surface area contributed by atoms with Gasteiger partial charge in [0, 0.05) is 6.04 Å². The number of ether oxygens (including phenoxy) is 1. The van der Waals surface area contributed by atoms with Gasteiger partial charge in [-0.3, -0.25) is 4.79 Å². The second kappa shape index (κ2) is 11.1. The fourth-order valence-electron chi connectivity index (χ4n) is 4.16. The average Bonchev–Trinajstić information content (AvgIpc) is 3.34. The van der Waals surface area contributed by atoms with Gasteiger partial charge in [0.25, 0.3) is 5.91 Å². The Labute approximate surface area is 211 Å². The van der Waals surface area contributed by atoms with E-state index in [0.29, 0.717) is 23.9 Å². The molecule has 3 aromatic rings. The first-order valence-corrected chi connectivity index (χ1v) is 11.8. The third-order valence-corrected chi connectivity index (χ3v) is 6.14. The summed E-state index contributed by atoms with van der Waals surface area (Å²) >= 11 is 0. The van der Waals surface area contributed by atoms with Crippen molar-refractivity contribution >= 4 is 29.3 Å². The van der Waals surface area contributed by atoms with Crippen LogP contribution in [0.15, 0.2) is 30.7 Å². The minimum atomic E-state index is -1.18. The summed E-state index contributed by atoms with van der Waals surface area (Å²) in [5.74, 6) is -1.37. The summed E-state index contributed by atoms with van der Waals surface area (Å²) in [5, 5.41) is 25.4. The lowest BCUT2D eigenvalue weighted by Crippen LogP contribution is -2.50. The molecule has 0 spiro atoms. The highest BCUT2D eigenvalue weighted by Crippen LogP contribution is 2.34. The highest BCUT2D eigenvalue weighted by Gasteiger charge is 2.33. The van der Waals surface area contributed by atoms with Gasteiger partial charge >= 0.3 is 6.09 Å². The van der Waals surface area contributed by atoms with E-state index in [4.69, 9.17) is 15.6 Å². The number of carbonyl (C=O) groups is 2. The molecule has 3 heterocycles. The number of carboxylic acid groups (broad SMARTS) is 1. The summed E-state index contributed by atoms with van der Waals surface area (Å²) < 4.78 is 22.1. The fourth-order valence-corrected chi connectivity index (χ4v) is 4.16. The average molecular weight is 514 g/mol. The van der Waals surface area contributed by atoms with E-state index in [1.165, 1.54) is 17.1 Å². The van der Waals surface area contributed by atoms with Crippen LogP contribution in [-0.4, -0.2) is 60.8 Å². The van der Waals surface area contributed by atoms with Crippen molar-refractivity contribution in [2.24, 2.45) is 11.7 Å². The van der Waals surface area contributed by atoms with Gasteiger partial charge in [0.2, 0.25) is 5.88 Å². The SMILES string of the molecule is CCOc1ncc(Nc2nc(N[C@@H](C3CCC3)[C@H](C)NC(=O)O)c(F)cc2C(N)=O)cc1-n1ccnn1. The molecule has 4 rings (SSSR count). The van der Waals surface area contributed by atoms with Crippen molar-refractivity contribution in [1.82, 2.24) is 30.3 Å². The highest BCUT2D eigenvalue weighted by molar-refractivity contribution is 5.98. The van der Waals surface area contributed by atoms with Crippen molar-refractivity contribution in [3.63, 3.8) is 0 Å². The molecule has 1 aliphatic rings. The number of halogens is 1. The molecule has 196 valence electrons. The number of nitrogens with two attached hydrogens (primary N) is 1. The lowest BCUT2D eigenvalue weighted by Gasteiger charge is -2.38. The van der Waals surface area contributed by atoms with Crippen LogP contribution in [-0.2, 0) is 0 Å². The largest absolute Gasteiger partial charge is 0.476 e. The van der Waals surface area contributed by atoms with Crippen LogP contribution in [0.5, 0.6) is 5.88 Å². The third kappa shape index (κ3) is 5.85. The van der Waals surface area contributed by atoms with Crippen molar-refractivity contribution < 1.29 is 23.8 Å². The molecular formula is C23H28FN9O4. The Hall–Kier alpha value is -4.49. The van der Waals surface area contributed by atoms with Gasteiger partial charge in [-0.05, 0) is 44.7 Å². The van der Waals surface area contributed by atoms with E-state index >= 15 is 4.39 Å². The minimum absolute atomic E-state index is 0.00175. The smallest absolute Gasteiger partial charge is 0.404 e. The Morgan fingerprint density at radius 2 is 2.11 bits per heavy atom. The highest BCUT2D eigenvalue weighted by atomic mass is 19.1. The number of carbonyl (C=O) groups excluding carboxylic acids is 1. The van der Waals surface area contributed by atoms with Crippen molar-refractivity contribution in [2.45, 2.75) is 45.2 Å². The Morgan fingerprint density at radius 1 is 1.32 bits per heavy atom. The van der Waals surface area contributed by atoms with Crippen molar-refractivity contribution in [3.05, 3.63) is 42.1 Å². The predicted molar refractivity (Wildman–Crippen MR) is 132 cm³/mol. The molecule has 1 aliphatic carbocycles. The summed E-state index contributed by atoms with van der Waals surface area (Å²) in [6, 6.07) is 1.72. The second-order valence-electron chi connectivity index (χ2n) is 8.63. The Balaban J connectivity index is 1.68. The normalized spacial score (nSPS) is 14.8. The zero-order valence-electron chi connectivity index (χ0n) is 20.3. The maximum atomic E-state index is 15.0. The van der Waals surface area contributed by atoms with Crippen LogP contribution in [0, 0.1) is 11.7 Å². The van der Waals surface area contributed by atoms with Crippen molar-refractivity contribution in [2.75, 3.05) is 17.2 Å². The third-order valence-electron chi connectivity index (χ3n) is 6.14. The number of hydrogen-bond donors (Lipinski definition) is 5. The molecule has 1 saturated carbocycles. The maximum absolute atomic E-state index is 15.0. The topological polar surface area (TPSA) is 182 Å². The van der Waals surface area contributed by atoms with Crippen molar-refractivity contribution in [3.8, 4) is 11.6 Å². The van der Waals surface area contributed by atoms with E-state index in [2.05, 4.69) is 36.2 Å². The zero-order valence-corrected chi connectivity index (χ0v) is 20.3. The second-order valence-corrected chi connectivity index (χ2v) is 8.63. The summed E-state index contributed by atoms with van der Waals surface area (Å²) in [7, 11) is 0. The van der Waals surface area contributed by atoms with Crippen LogP contribution in [0.25, 0.3) is 5.69 Å². The first-order valence-electron chi connectivity index (χ1n) is 11.8.